The Labute approximate surface area is 145 Å². The van der Waals surface area contributed by atoms with Gasteiger partial charge in [0.05, 0.1) is 0 Å². The molecule has 0 N–H and O–H groups in total. The normalized spacial score (nSPS) is 24.5. The van der Waals surface area contributed by atoms with Crippen molar-refractivity contribution in [2.24, 2.45) is 10.8 Å². The van der Waals surface area contributed by atoms with E-state index in [1.807, 2.05) is 5.21 Å². The van der Waals surface area contributed by atoms with Crippen LogP contribution in [0, 0.1) is 38.6 Å². The van der Waals surface area contributed by atoms with Gasteiger partial charge in [0, 0.05) is 0 Å². The molecule has 0 bridgehead atoms. The Kier molecular flexibility index (Phi) is 4.37. The summed E-state index contributed by atoms with van der Waals surface area (Å²) >= 11 is -1.16. The van der Waals surface area contributed by atoms with Gasteiger partial charge in [-0.1, -0.05) is 0 Å². The molecule has 0 saturated heterocycles. The summed E-state index contributed by atoms with van der Waals surface area (Å²) in [6.07, 6.45) is 0. The molecule has 2 rings (SSSR count). The van der Waals surface area contributed by atoms with Crippen molar-refractivity contribution in [3.8, 4) is 0 Å². The van der Waals surface area contributed by atoms with Gasteiger partial charge < -0.3 is 0 Å². The van der Waals surface area contributed by atoms with Crippen LogP contribution in [0.1, 0.15) is 69.2 Å². The summed E-state index contributed by atoms with van der Waals surface area (Å²) in [5.74, 6) is 0. The summed E-state index contributed by atoms with van der Waals surface area (Å²) in [4.78, 5) is 0. The zero-order valence-electron chi connectivity index (χ0n) is 15.5. The van der Waals surface area contributed by atoms with Crippen molar-refractivity contribution in [1.29, 1.82) is 0 Å². The summed E-state index contributed by atoms with van der Waals surface area (Å²) in [6.45, 7) is 23.8. The Bertz CT molecular complexity index is 575. The number of rotatable bonds is 2. The van der Waals surface area contributed by atoms with Gasteiger partial charge in [-0.2, -0.15) is 0 Å². The maximum absolute atomic E-state index is 2.44. The molecule has 0 radical (unpaired) electrons. The van der Waals surface area contributed by atoms with Crippen molar-refractivity contribution in [1.82, 2.24) is 0 Å². The van der Waals surface area contributed by atoms with Crippen LogP contribution in [-0.2, 0) is 0 Å². The molecule has 0 aromatic carbocycles. The molecule has 114 valence electrons. The summed E-state index contributed by atoms with van der Waals surface area (Å²) in [5.41, 5.74) is 10.2. The Hall–Kier alpha value is 0.0119. The molecule has 0 fully saturated rings. The minimum atomic E-state index is -1.16. The Morgan fingerprint density at radius 3 is 1.00 bits per heavy atom. The monoisotopic (exact) mass is 508 g/mol. The average molecular weight is 508 g/mol. The van der Waals surface area contributed by atoms with Gasteiger partial charge >= 0.3 is 146 Å². The molecular weight excluding hydrogens is 478 g/mol. The molecular formula is C20H30U. The average Bonchev–Trinajstić information content (AvgIpc) is 2.63. The SMILES string of the molecule is CC1=C(C)C(C)(C)[C]([U][C]2=C(C)C(C)=C(C)C2(C)C)=C1C. The predicted octanol–water partition coefficient (Wildman–Crippen LogP) is 6.37. The van der Waals surface area contributed by atoms with Gasteiger partial charge in [0.2, 0.25) is 0 Å². The molecule has 2 aliphatic rings. The van der Waals surface area contributed by atoms with E-state index in [2.05, 4.69) is 69.2 Å². The maximum atomic E-state index is 2.44. The Morgan fingerprint density at radius 1 is 0.524 bits per heavy atom. The van der Waals surface area contributed by atoms with E-state index in [1.165, 1.54) is 0 Å². The molecule has 0 nitrogen and oxygen atoms in total. The van der Waals surface area contributed by atoms with Gasteiger partial charge in [0.25, 0.3) is 0 Å². The molecule has 0 spiro atoms. The molecule has 2 aliphatic carbocycles. The van der Waals surface area contributed by atoms with E-state index < -0.39 is 27.7 Å². The summed E-state index contributed by atoms with van der Waals surface area (Å²) in [5, 5.41) is 0. The van der Waals surface area contributed by atoms with Gasteiger partial charge in [-0.15, -0.1) is 0 Å². The number of allylic oxidation sites excluding steroid dienone is 8. The first-order chi connectivity index (χ1) is 9.44. The molecule has 0 atom stereocenters. The van der Waals surface area contributed by atoms with E-state index in [0.29, 0.717) is 10.8 Å². The third-order valence-electron chi connectivity index (χ3n) is 6.38. The second-order valence-electron chi connectivity index (χ2n) is 7.88. The van der Waals surface area contributed by atoms with Gasteiger partial charge in [-0.05, 0) is 0 Å². The fourth-order valence-corrected chi connectivity index (χ4v) is 12.1. The van der Waals surface area contributed by atoms with Gasteiger partial charge in [-0.25, -0.2) is 0 Å². The van der Waals surface area contributed by atoms with E-state index >= 15 is 0 Å². The fraction of sp³-hybridized carbons (Fsp3) is 0.600. The van der Waals surface area contributed by atoms with Crippen LogP contribution in [0.5, 0.6) is 0 Å². The first kappa shape index (κ1) is 17.4. The number of hydrogen-bond acceptors (Lipinski definition) is 0. The van der Waals surface area contributed by atoms with E-state index in [9.17, 15) is 0 Å². The zero-order chi connectivity index (χ0) is 16.3. The van der Waals surface area contributed by atoms with Crippen molar-refractivity contribution in [2.45, 2.75) is 69.2 Å². The van der Waals surface area contributed by atoms with E-state index in [1.54, 1.807) is 33.4 Å². The van der Waals surface area contributed by atoms with Crippen LogP contribution in [-0.4, -0.2) is 0 Å². The molecule has 0 aromatic rings. The third kappa shape index (κ3) is 2.40. The second-order valence-corrected chi connectivity index (χ2v) is 13.1. The van der Waals surface area contributed by atoms with Crippen molar-refractivity contribution >= 4 is 0 Å². The Balaban J connectivity index is 2.47. The van der Waals surface area contributed by atoms with E-state index in [4.69, 9.17) is 0 Å². The third-order valence-corrected chi connectivity index (χ3v) is 16.8. The summed E-state index contributed by atoms with van der Waals surface area (Å²) in [7, 11) is 0. The van der Waals surface area contributed by atoms with Crippen LogP contribution in [0.15, 0.2) is 38.7 Å². The second kappa shape index (κ2) is 5.28. The zero-order valence-corrected chi connectivity index (χ0v) is 19.7. The Morgan fingerprint density at radius 2 is 0.810 bits per heavy atom. The number of hydrogen-bond donors (Lipinski definition) is 0. The molecule has 0 unspecified atom stereocenters. The molecule has 0 saturated carbocycles. The van der Waals surface area contributed by atoms with Crippen LogP contribution in [0.4, 0.5) is 0 Å². The van der Waals surface area contributed by atoms with Crippen LogP contribution in [0.2, 0.25) is 0 Å². The van der Waals surface area contributed by atoms with Crippen molar-refractivity contribution in [3.05, 3.63) is 38.7 Å². The molecule has 0 amide bonds. The minimum absolute atomic E-state index is 0.303. The van der Waals surface area contributed by atoms with Gasteiger partial charge in [0.15, 0.2) is 0 Å². The van der Waals surface area contributed by atoms with E-state index in [0.717, 1.165) is 0 Å². The van der Waals surface area contributed by atoms with Gasteiger partial charge in [0.1, 0.15) is 0 Å². The first-order valence-electron chi connectivity index (χ1n) is 8.00. The van der Waals surface area contributed by atoms with Crippen molar-refractivity contribution < 1.29 is 27.7 Å². The summed E-state index contributed by atoms with van der Waals surface area (Å²) < 4.78 is 3.67. The molecule has 0 aliphatic heterocycles. The van der Waals surface area contributed by atoms with Crippen LogP contribution >= 0.6 is 0 Å². The standard InChI is InChI=1S/2C10H15.U/c2*1-7-6-10(4,5)9(3)8(7)2;/h2*1-5H3;. The van der Waals surface area contributed by atoms with Crippen molar-refractivity contribution in [2.75, 3.05) is 0 Å². The van der Waals surface area contributed by atoms with Gasteiger partial charge in [-0.3, -0.25) is 0 Å². The molecule has 0 aromatic heterocycles. The van der Waals surface area contributed by atoms with E-state index in [-0.39, 0.29) is 0 Å². The predicted molar refractivity (Wildman–Crippen MR) is 89.7 cm³/mol. The topological polar surface area (TPSA) is 0 Å². The summed E-state index contributed by atoms with van der Waals surface area (Å²) in [6, 6.07) is 0. The molecule has 1 heteroatoms. The quantitative estimate of drug-likeness (QED) is 0.407. The fourth-order valence-electron chi connectivity index (χ4n) is 3.81. The molecule has 0 heterocycles. The first-order valence-corrected chi connectivity index (χ1v) is 12.2. The van der Waals surface area contributed by atoms with Crippen molar-refractivity contribution in [3.63, 3.8) is 0 Å². The van der Waals surface area contributed by atoms with Crippen LogP contribution < -0.4 is 0 Å². The van der Waals surface area contributed by atoms with Crippen LogP contribution in [0.25, 0.3) is 0 Å². The molecule has 21 heavy (non-hydrogen) atoms. The van der Waals surface area contributed by atoms with Crippen LogP contribution in [0.3, 0.4) is 0 Å².